The number of aromatic amines is 1. The molecule has 0 unspecified atom stereocenters. The Morgan fingerprint density at radius 2 is 2.14 bits per heavy atom. The van der Waals surface area contributed by atoms with Crippen LogP contribution < -0.4 is 10.1 Å². The summed E-state index contributed by atoms with van der Waals surface area (Å²) in [7, 11) is 5.76. The van der Waals surface area contributed by atoms with Gasteiger partial charge in [-0.3, -0.25) is 0 Å². The predicted octanol–water partition coefficient (Wildman–Crippen LogP) is 2.09. The fraction of sp³-hybridized carbons (Fsp3) is 0.333. The van der Waals surface area contributed by atoms with Crippen LogP contribution in [0.2, 0.25) is 0 Å². The number of fused-ring (bicyclic) bond motifs is 3. The van der Waals surface area contributed by atoms with Crippen molar-refractivity contribution in [3.8, 4) is 5.75 Å². The number of rotatable bonds is 5. The largest absolute Gasteiger partial charge is 0.497 e. The van der Waals surface area contributed by atoms with Gasteiger partial charge >= 0.3 is 0 Å². The highest BCUT2D eigenvalue weighted by Gasteiger charge is 2.11. The van der Waals surface area contributed by atoms with Crippen LogP contribution in [0.5, 0.6) is 5.75 Å². The minimum atomic E-state index is 0.823. The lowest BCUT2D eigenvalue weighted by Gasteiger charge is -2.10. The average molecular weight is 285 g/mol. The Kier molecular flexibility index (Phi) is 3.62. The van der Waals surface area contributed by atoms with Crippen molar-refractivity contribution in [1.82, 2.24) is 19.9 Å². The number of likely N-dealkylation sites (N-methyl/N-ethyl adjacent to an activating group) is 1. The van der Waals surface area contributed by atoms with Gasteiger partial charge in [0.1, 0.15) is 23.1 Å². The minimum Gasteiger partial charge on any atom is -0.497 e. The van der Waals surface area contributed by atoms with Gasteiger partial charge < -0.3 is 19.9 Å². The Morgan fingerprint density at radius 1 is 1.29 bits per heavy atom. The normalized spacial score (nSPS) is 11.4. The first-order valence-corrected chi connectivity index (χ1v) is 6.88. The van der Waals surface area contributed by atoms with Crippen molar-refractivity contribution in [3.63, 3.8) is 0 Å². The second-order valence-corrected chi connectivity index (χ2v) is 5.21. The van der Waals surface area contributed by atoms with Gasteiger partial charge in [-0.05, 0) is 32.3 Å². The molecule has 6 heteroatoms. The maximum atomic E-state index is 5.28. The molecule has 0 bridgehead atoms. The zero-order valence-electron chi connectivity index (χ0n) is 12.5. The number of benzene rings is 1. The lowest BCUT2D eigenvalue weighted by Crippen LogP contribution is -2.21. The van der Waals surface area contributed by atoms with Crippen LogP contribution in [0.3, 0.4) is 0 Å². The van der Waals surface area contributed by atoms with E-state index in [4.69, 9.17) is 4.74 Å². The first kappa shape index (κ1) is 13.6. The van der Waals surface area contributed by atoms with E-state index in [-0.39, 0.29) is 0 Å². The van der Waals surface area contributed by atoms with Crippen molar-refractivity contribution in [3.05, 3.63) is 24.5 Å². The van der Waals surface area contributed by atoms with E-state index >= 15 is 0 Å². The summed E-state index contributed by atoms with van der Waals surface area (Å²) >= 11 is 0. The third kappa shape index (κ3) is 2.62. The van der Waals surface area contributed by atoms with Gasteiger partial charge in [0.05, 0.1) is 7.11 Å². The van der Waals surface area contributed by atoms with E-state index in [0.29, 0.717) is 0 Å². The van der Waals surface area contributed by atoms with Crippen LogP contribution >= 0.6 is 0 Å². The highest BCUT2D eigenvalue weighted by Crippen LogP contribution is 2.29. The summed E-state index contributed by atoms with van der Waals surface area (Å²) < 4.78 is 5.28. The zero-order valence-corrected chi connectivity index (χ0v) is 12.5. The van der Waals surface area contributed by atoms with Crippen LogP contribution in [0.15, 0.2) is 24.5 Å². The van der Waals surface area contributed by atoms with E-state index in [1.807, 2.05) is 32.3 Å². The maximum absolute atomic E-state index is 5.28. The molecule has 0 saturated carbocycles. The van der Waals surface area contributed by atoms with Gasteiger partial charge in [-0.25, -0.2) is 9.97 Å². The molecule has 0 aliphatic rings. The molecule has 6 nitrogen and oxygen atoms in total. The molecule has 21 heavy (non-hydrogen) atoms. The molecule has 1 aromatic carbocycles. The van der Waals surface area contributed by atoms with Crippen molar-refractivity contribution >= 4 is 27.8 Å². The Bertz CT molecular complexity index is 765. The Hall–Kier alpha value is -2.34. The molecule has 0 radical (unpaired) electrons. The molecule has 2 N–H and O–H groups in total. The molecule has 0 amide bonds. The SMILES string of the molecule is COc1ccc2[nH]c3c(NCCN(C)C)ncnc3c2c1. The Morgan fingerprint density at radius 3 is 2.90 bits per heavy atom. The number of methoxy groups -OCH3 is 1. The van der Waals surface area contributed by atoms with Crippen molar-refractivity contribution in [2.24, 2.45) is 0 Å². The minimum absolute atomic E-state index is 0.823. The number of anilines is 1. The van der Waals surface area contributed by atoms with E-state index in [1.54, 1.807) is 13.4 Å². The average Bonchev–Trinajstić information content (AvgIpc) is 2.85. The standard InChI is InChI=1S/C15H19N5O/c1-20(2)7-6-16-15-14-13(17-9-18-15)11-8-10(21-3)4-5-12(11)19-14/h4-5,8-9,19H,6-7H2,1-3H3,(H,16,17,18). The van der Waals surface area contributed by atoms with E-state index in [0.717, 1.165) is 46.6 Å². The van der Waals surface area contributed by atoms with Gasteiger partial charge in [0.2, 0.25) is 0 Å². The number of aromatic nitrogens is 3. The van der Waals surface area contributed by atoms with Crippen LogP contribution in [0.4, 0.5) is 5.82 Å². The summed E-state index contributed by atoms with van der Waals surface area (Å²) in [6.07, 6.45) is 1.59. The van der Waals surface area contributed by atoms with Crippen LogP contribution in [0, 0.1) is 0 Å². The van der Waals surface area contributed by atoms with Crippen molar-refractivity contribution in [2.45, 2.75) is 0 Å². The summed E-state index contributed by atoms with van der Waals surface area (Å²) in [5.74, 6) is 1.65. The number of nitrogens with zero attached hydrogens (tertiary/aromatic N) is 3. The van der Waals surface area contributed by atoms with Crippen LogP contribution in [0.1, 0.15) is 0 Å². The van der Waals surface area contributed by atoms with Crippen LogP contribution in [0.25, 0.3) is 21.9 Å². The van der Waals surface area contributed by atoms with Gasteiger partial charge in [0, 0.05) is 24.0 Å². The molecule has 0 fully saturated rings. The maximum Gasteiger partial charge on any atom is 0.153 e. The molecule has 0 spiro atoms. The monoisotopic (exact) mass is 285 g/mol. The second kappa shape index (κ2) is 5.57. The Balaban J connectivity index is 2.02. The highest BCUT2D eigenvalue weighted by molar-refractivity contribution is 6.08. The summed E-state index contributed by atoms with van der Waals surface area (Å²) in [5.41, 5.74) is 2.87. The second-order valence-electron chi connectivity index (χ2n) is 5.21. The quantitative estimate of drug-likeness (QED) is 0.751. The third-order valence-electron chi connectivity index (χ3n) is 3.44. The summed E-state index contributed by atoms with van der Waals surface area (Å²) in [5, 5.41) is 4.40. The molecule has 110 valence electrons. The summed E-state index contributed by atoms with van der Waals surface area (Å²) in [6.45, 7) is 1.78. The van der Waals surface area contributed by atoms with E-state index in [1.165, 1.54) is 0 Å². The van der Waals surface area contributed by atoms with Gasteiger partial charge in [0.15, 0.2) is 5.82 Å². The first-order chi connectivity index (χ1) is 10.2. The molecule has 3 aromatic rings. The Labute approximate surface area is 123 Å². The fourth-order valence-electron chi connectivity index (χ4n) is 2.33. The molecule has 2 heterocycles. The molecule has 0 atom stereocenters. The highest BCUT2D eigenvalue weighted by atomic mass is 16.5. The smallest absolute Gasteiger partial charge is 0.153 e. The van der Waals surface area contributed by atoms with E-state index < -0.39 is 0 Å². The number of H-pyrrole nitrogens is 1. The lowest BCUT2D eigenvalue weighted by atomic mass is 10.2. The van der Waals surface area contributed by atoms with Crippen LogP contribution in [-0.2, 0) is 0 Å². The fourth-order valence-corrected chi connectivity index (χ4v) is 2.33. The van der Waals surface area contributed by atoms with Gasteiger partial charge in [0.25, 0.3) is 0 Å². The topological polar surface area (TPSA) is 66.1 Å². The van der Waals surface area contributed by atoms with E-state index in [2.05, 4.69) is 25.2 Å². The number of ether oxygens (including phenoxy) is 1. The van der Waals surface area contributed by atoms with Gasteiger partial charge in [-0.1, -0.05) is 0 Å². The lowest BCUT2D eigenvalue weighted by molar-refractivity contribution is 0.415. The molecule has 0 aliphatic heterocycles. The molecular weight excluding hydrogens is 266 g/mol. The number of hydrogen-bond donors (Lipinski definition) is 2. The number of hydrogen-bond acceptors (Lipinski definition) is 5. The summed E-state index contributed by atoms with van der Waals surface area (Å²) in [6, 6.07) is 5.93. The first-order valence-electron chi connectivity index (χ1n) is 6.88. The predicted molar refractivity (Wildman–Crippen MR) is 85.0 cm³/mol. The summed E-state index contributed by atoms with van der Waals surface area (Å²) in [4.78, 5) is 14.2. The van der Waals surface area contributed by atoms with Crippen molar-refractivity contribution < 1.29 is 4.74 Å². The molecular formula is C15H19N5O. The van der Waals surface area contributed by atoms with Crippen LogP contribution in [-0.4, -0.2) is 54.1 Å². The van der Waals surface area contributed by atoms with Gasteiger partial charge in [-0.15, -0.1) is 0 Å². The van der Waals surface area contributed by atoms with Gasteiger partial charge in [-0.2, -0.15) is 0 Å². The van der Waals surface area contributed by atoms with E-state index in [9.17, 15) is 0 Å². The molecule has 0 saturated heterocycles. The number of nitrogens with one attached hydrogen (secondary N) is 2. The molecule has 2 aromatic heterocycles. The van der Waals surface area contributed by atoms with Crippen molar-refractivity contribution in [1.29, 1.82) is 0 Å². The van der Waals surface area contributed by atoms with Crippen molar-refractivity contribution in [2.75, 3.05) is 39.6 Å². The molecule has 0 aliphatic carbocycles. The molecule has 3 rings (SSSR count). The third-order valence-corrected chi connectivity index (χ3v) is 3.44. The zero-order chi connectivity index (χ0) is 14.8.